The van der Waals surface area contributed by atoms with Gasteiger partial charge in [-0.3, -0.25) is 9.59 Å². The van der Waals surface area contributed by atoms with Gasteiger partial charge in [0.15, 0.2) is 0 Å². The molecule has 0 saturated heterocycles. The molecule has 0 radical (unpaired) electrons. The second-order valence-corrected chi connectivity index (χ2v) is 7.34. The van der Waals surface area contributed by atoms with E-state index < -0.39 is 0 Å². The van der Waals surface area contributed by atoms with Gasteiger partial charge in [0.1, 0.15) is 17.8 Å². The van der Waals surface area contributed by atoms with Crippen LogP contribution in [0.2, 0.25) is 5.02 Å². The number of rotatable bonds is 6. The predicted octanol–water partition coefficient (Wildman–Crippen LogP) is 4.06. The zero-order valence-electron chi connectivity index (χ0n) is 16.7. The minimum atomic E-state index is -0.372. The van der Waals surface area contributed by atoms with E-state index in [1.54, 1.807) is 24.4 Å². The summed E-state index contributed by atoms with van der Waals surface area (Å²) in [5.74, 6) is 0.144. The van der Waals surface area contributed by atoms with E-state index in [0.717, 1.165) is 22.7 Å². The number of hydrogen-bond donors (Lipinski definition) is 1. The zero-order valence-corrected chi connectivity index (χ0v) is 17.4. The van der Waals surface area contributed by atoms with Crippen LogP contribution in [0.1, 0.15) is 13.3 Å². The van der Waals surface area contributed by atoms with E-state index in [9.17, 15) is 9.59 Å². The Morgan fingerprint density at radius 1 is 1.20 bits per heavy atom. The Hall–Kier alpha value is -3.32. The van der Waals surface area contributed by atoms with Crippen LogP contribution < -0.4 is 15.6 Å². The Labute approximate surface area is 177 Å². The van der Waals surface area contributed by atoms with Crippen molar-refractivity contribution in [2.24, 2.45) is 0 Å². The molecule has 0 unspecified atom stereocenters. The molecule has 0 saturated carbocycles. The third kappa shape index (κ3) is 3.52. The summed E-state index contributed by atoms with van der Waals surface area (Å²) in [7, 11) is 1.52. The number of anilines is 1. The van der Waals surface area contributed by atoms with Crippen molar-refractivity contribution in [3.05, 3.63) is 64.0 Å². The summed E-state index contributed by atoms with van der Waals surface area (Å²) in [5.41, 5.74) is 1.77. The van der Waals surface area contributed by atoms with Crippen LogP contribution in [-0.4, -0.2) is 27.4 Å². The number of benzene rings is 2. The van der Waals surface area contributed by atoms with Crippen LogP contribution in [0.15, 0.2) is 53.5 Å². The summed E-state index contributed by atoms with van der Waals surface area (Å²) >= 11 is 6.10. The van der Waals surface area contributed by atoms with Crippen molar-refractivity contribution in [2.75, 3.05) is 12.4 Å². The number of ether oxygens (including phenoxy) is 1. The molecular formula is C22H21ClN4O3. The zero-order chi connectivity index (χ0) is 21.3. The molecule has 0 spiro atoms. The lowest BCUT2D eigenvalue weighted by atomic mass is 10.2. The van der Waals surface area contributed by atoms with Crippen molar-refractivity contribution in [1.29, 1.82) is 0 Å². The number of methoxy groups -OCH3 is 1. The number of halogens is 1. The summed E-state index contributed by atoms with van der Waals surface area (Å²) in [5, 5.41) is 9.14. The van der Waals surface area contributed by atoms with E-state index in [-0.39, 0.29) is 18.0 Å². The first kappa shape index (κ1) is 20.0. The first-order chi connectivity index (χ1) is 14.5. The molecule has 0 bridgehead atoms. The molecule has 0 fully saturated rings. The molecule has 7 nitrogen and oxygen atoms in total. The summed E-state index contributed by atoms with van der Waals surface area (Å²) in [6.07, 6.45) is 2.54. The maximum Gasteiger partial charge on any atom is 0.291 e. The van der Waals surface area contributed by atoms with E-state index in [1.807, 2.05) is 28.8 Å². The standard InChI is InChI=1S/C22H21ClN4O3/c1-3-10-26-18-7-5-4-6-15(18)16-12-24-27(22(29)21(16)26)13-20(28)25-14-8-9-19(30-2)17(23)11-14/h4-9,11-12H,3,10,13H2,1-2H3,(H,25,28). The summed E-state index contributed by atoms with van der Waals surface area (Å²) in [6.45, 7) is 2.57. The molecule has 4 aromatic rings. The van der Waals surface area contributed by atoms with Gasteiger partial charge in [-0.15, -0.1) is 0 Å². The molecule has 30 heavy (non-hydrogen) atoms. The number of aryl methyl sites for hydroxylation is 1. The van der Waals surface area contributed by atoms with Gasteiger partial charge < -0.3 is 14.6 Å². The molecule has 0 aliphatic carbocycles. The summed E-state index contributed by atoms with van der Waals surface area (Å²) in [4.78, 5) is 25.7. The Bertz CT molecular complexity index is 1310. The average molecular weight is 425 g/mol. The van der Waals surface area contributed by atoms with E-state index in [0.29, 0.717) is 28.5 Å². The van der Waals surface area contributed by atoms with Gasteiger partial charge in [-0.2, -0.15) is 5.10 Å². The van der Waals surface area contributed by atoms with Crippen LogP contribution in [-0.2, 0) is 17.9 Å². The second kappa shape index (κ2) is 8.20. The summed E-state index contributed by atoms with van der Waals surface area (Å²) < 4.78 is 8.31. The number of nitrogens with one attached hydrogen (secondary N) is 1. The van der Waals surface area contributed by atoms with E-state index in [2.05, 4.69) is 17.3 Å². The first-order valence-corrected chi connectivity index (χ1v) is 10.0. The molecule has 8 heteroatoms. The van der Waals surface area contributed by atoms with E-state index in [1.165, 1.54) is 11.8 Å². The van der Waals surface area contributed by atoms with Gasteiger partial charge in [-0.1, -0.05) is 36.7 Å². The quantitative estimate of drug-likeness (QED) is 0.506. The molecular weight excluding hydrogens is 404 g/mol. The van der Waals surface area contributed by atoms with E-state index >= 15 is 0 Å². The van der Waals surface area contributed by atoms with Crippen molar-refractivity contribution < 1.29 is 9.53 Å². The van der Waals surface area contributed by atoms with Crippen LogP contribution in [0.3, 0.4) is 0 Å². The lowest BCUT2D eigenvalue weighted by molar-refractivity contribution is -0.117. The van der Waals surface area contributed by atoms with E-state index in [4.69, 9.17) is 16.3 Å². The highest BCUT2D eigenvalue weighted by Gasteiger charge is 2.16. The minimum absolute atomic E-state index is 0.202. The minimum Gasteiger partial charge on any atom is -0.495 e. The fourth-order valence-corrected chi connectivity index (χ4v) is 3.90. The second-order valence-electron chi connectivity index (χ2n) is 6.94. The molecule has 1 amide bonds. The van der Waals surface area contributed by atoms with Crippen molar-refractivity contribution in [2.45, 2.75) is 26.4 Å². The number of nitrogens with zero attached hydrogens (tertiary/aromatic N) is 3. The van der Waals surface area contributed by atoms with Gasteiger partial charge in [0.25, 0.3) is 5.56 Å². The average Bonchev–Trinajstić information content (AvgIpc) is 3.05. The number of aromatic nitrogens is 3. The van der Waals surface area contributed by atoms with Crippen LogP contribution in [0.4, 0.5) is 5.69 Å². The van der Waals surface area contributed by atoms with Crippen molar-refractivity contribution in [3.63, 3.8) is 0 Å². The van der Waals surface area contributed by atoms with Crippen LogP contribution >= 0.6 is 11.6 Å². The highest BCUT2D eigenvalue weighted by atomic mass is 35.5. The Kier molecular flexibility index (Phi) is 5.46. The Morgan fingerprint density at radius 2 is 2.00 bits per heavy atom. The normalized spacial score (nSPS) is 11.2. The fraction of sp³-hybridized carbons (Fsp3) is 0.227. The third-order valence-electron chi connectivity index (χ3n) is 4.95. The first-order valence-electron chi connectivity index (χ1n) is 9.64. The number of amides is 1. The maximum atomic E-state index is 13.2. The molecule has 2 heterocycles. The third-order valence-corrected chi connectivity index (χ3v) is 5.24. The molecule has 154 valence electrons. The largest absolute Gasteiger partial charge is 0.495 e. The predicted molar refractivity (Wildman–Crippen MR) is 118 cm³/mol. The van der Waals surface area contributed by atoms with Gasteiger partial charge >= 0.3 is 0 Å². The van der Waals surface area contributed by atoms with Crippen molar-refractivity contribution in [3.8, 4) is 5.75 Å². The maximum absolute atomic E-state index is 13.2. The number of carbonyl (C=O) groups excluding carboxylic acids is 1. The smallest absolute Gasteiger partial charge is 0.291 e. The molecule has 0 aliphatic rings. The molecule has 2 aromatic heterocycles. The molecule has 0 aliphatic heterocycles. The number of carbonyl (C=O) groups is 1. The van der Waals surface area contributed by atoms with Crippen LogP contribution in [0.5, 0.6) is 5.75 Å². The molecule has 1 N–H and O–H groups in total. The molecule has 2 aromatic carbocycles. The van der Waals surface area contributed by atoms with Crippen molar-refractivity contribution in [1.82, 2.24) is 14.3 Å². The molecule has 0 atom stereocenters. The van der Waals surface area contributed by atoms with Crippen LogP contribution in [0, 0.1) is 0 Å². The SMILES string of the molecule is CCCn1c2ccccc2c2cnn(CC(=O)Nc3ccc(OC)c(Cl)c3)c(=O)c21. The van der Waals surface area contributed by atoms with Crippen molar-refractivity contribution >= 4 is 45.0 Å². The topological polar surface area (TPSA) is 78.2 Å². The van der Waals surface area contributed by atoms with Gasteiger partial charge in [0, 0.05) is 28.5 Å². The summed E-state index contributed by atoms with van der Waals surface area (Å²) in [6, 6.07) is 12.8. The van der Waals surface area contributed by atoms with Gasteiger partial charge in [0.05, 0.1) is 18.3 Å². The fourth-order valence-electron chi connectivity index (χ4n) is 3.64. The van der Waals surface area contributed by atoms with Gasteiger partial charge in [-0.05, 0) is 30.7 Å². The highest BCUT2D eigenvalue weighted by molar-refractivity contribution is 6.32. The van der Waals surface area contributed by atoms with Crippen LogP contribution in [0.25, 0.3) is 21.8 Å². The molecule has 4 rings (SSSR count). The Morgan fingerprint density at radius 3 is 2.73 bits per heavy atom. The number of para-hydroxylation sites is 1. The number of hydrogen-bond acceptors (Lipinski definition) is 4. The van der Waals surface area contributed by atoms with Gasteiger partial charge in [0.2, 0.25) is 5.91 Å². The van der Waals surface area contributed by atoms with Gasteiger partial charge in [-0.25, -0.2) is 4.68 Å². The lowest BCUT2D eigenvalue weighted by Crippen LogP contribution is -2.30. The highest BCUT2D eigenvalue weighted by Crippen LogP contribution is 2.28. The Balaban J connectivity index is 1.68. The monoisotopic (exact) mass is 424 g/mol. The number of fused-ring (bicyclic) bond motifs is 3. The lowest BCUT2D eigenvalue weighted by Gasteiger charge is -2.10.